The molecule has 2 amide bonds. The molecule has 2 rings (SSSR count). The highest BCUT2D eigenvalue weighted by Gasteiger charge is 2.16. The molecule has 0 spiro atoms. The van der Waals surface area contributed by atoms with Crippen LogP contribution in [0.5, 0.6) is 0 Å². The maximum Gasteiger partial charge on any atom is 0.321 e. The molecule has 112 valence electrons. The van der Waals surface area contributed by atoms with Gasteiger partial charge in [0.2, 0.25) is 5.95 Å². The Bertz CT molecular complexity index is 441. The molecular weight excluding hydrogens is 260 g/mol. The van der Waals surface area contributed by atoms with E-state index in [1.54, 1.807) is 11.7 Å². The van der Waals surface area contributed by atoms with Gasteiger partial charge in [0.25, 0.3) is 0 Å². The SMILES string of the molecule is Cc1nc(NC(=O)NCCN2CCO[C@@H](C)C2)nn1C. The van der Waals surface area contributed by atoms with Crippen molar-refractivity contribution in [3.63, 3.8) is 0 Å². The number of anilines is 1. The highest BCUT2D eigenvalue weighted by atomic mass is 16.5. The van der Waals surface area contributed by atoms with Gasteiger partial charge in [0.1, 0.15) is 5.82 Å². The van der Waals surface area contributed by atoms with Crippen LogP contribution >= 0.6 is 0 Å². The molecule has 8 nitrogen and oxygen atoms in total. The third kappa shape index (κ3) is 4.17. The molecular formula is C12H22N6O2. The predicted octanol–water partition coefficient (Wildman–Crippen LogP) is -0.0343. The number of rotatable bonds is 4. The van der Waals surface area contributed by atoms with E-state index in [-0.39, 0.29) is 12.1 Å². The Balaban J connectivity index is 1.67. The van der Waals surface area contributed by atoms with Crippen molar-refractivity contribution >= 4 is 12.0 Å². The van der Waals surface area contributed by atoms with E-state index in [1.165, 1.54) is 0 Å². The summed E-state index contributed by atoms with van der Waals surface area (Å²) in [6.45, 7) is 7.86. The van der Waals surface area contributed by atoms with Crippen LogP contribution in [0.2, 0.25) is 0 Å². The van der Waals surface area contributed by atoms with Crippen molar-refractivity contribution in [2.24, 2.45) is 7.05 Å². The first-order valence-corrected chi connectivity index (χ1v) is 6.81. The zero-order valence-corrected chi connectivity index (χ0v) is 12.2. The van der Waals surface area contributed by atoms with Crippen molar-refractivity contribution in [1.82, 2.24) is 25.0 Å². The minimum absolute atomic E-state index is 0.262. The van der Waals surface area contributed by atoms with Crippen LogP contribution in [0.15, 0.2) is 0 Å². The minimum Gasteiger partial charge on any atom is -0.376 e. The van der Waals surface area contributed by atoms with Crippen molar-refractivity contribution < 1.29 is 9.53 Å². The molecule has 1 atom stereocenters. The van der Waals surface area contributed by atoms with Gasteiger partial charge < -0.3 is 10.1 Å². The third-order valence-electron chi connectivity index (χ3n) is 3.24. The Morgan fingerprint density at radius 3 is 3.00 bits per heavy atom. The third-order valence-corrected chi connectivity index (χ3v) is 3.24. The van der Waals surface area contributed by atoms with E-state index in [0.717, 1.165) is 32.1 Å². The van der Waals surface area contributed by atoms with Gasteiger partial charge in [-0.2, -0.15) is 4.98 Å². The first-order chi connectivity index (χ1) is 9.54. The second kappa shape index (κ2) is 6.67. The number of hydrogen-bond donors (Lipinski definition) is 2. The van der Waals surface area contributed by atoms with Gasteiger partial charge in [-0.15, -0.1) is 5.10 Å². The number of ether oxygens (including phenoxy) is 1. The average Bonchev–Trinajstić information content (AvgIpc) is 2.68. The van der Waals surface area contributed by atoms with E-state index < -0.39 is 0 Å². The lowest BCUT2D eigenvalue weighted by atomic mass is 10.3. The molecule has 8 heteroatoms. The molecule has 1 aromatic rings. The number of aromatic nitrogens is 3. The summed E-state index contributed by atoms with van der Waals surface area (Å²) in [6.07, 6.45) is 0.262. The Morgan fingerprint density at radius 1 is 1.55 bits per heavy atom. The molecule has 0 aromatic carbocycles. The van der Waals surface area contributed by atoms with Gasteiger partial charge >= 0.3 is 6.03 Å². The first kappa shape index (κ1) is 14.7. The van der Waals surface area contributed by atoms with Crippen LogP contribution in [0.4, 0.5) is 10.7 Å². The zero-order valence-electron chi connectivity index (χ0n) is 12.2. The standard InChI is InChI=1S/C12H22N6O2/c1-9-8-18(6-7-20-9)5-4-13-12(19)15-11-14-10(2)17(3)16-11/h9H,4-8H2,1-3H3,(H2,13,15,16,19)/t9-/m0/s1. The van der Waals surface area contributed by atoms with E-state index in [4.69, 9.17) is 4.74 Å². The van der Waals surface area contributed by atoms with E-state index in [9.17, 15) is 4.79 Å². The molecule has 20 heavy (non-hydrogen) atoms. The summed E-state index contributed by atoms with van der Waals surface area (Å²) in [7, 11) is 1.78. The summed E-state index contributed by atoms with van der Waals surface area (Å²) in [4.78, 5) is 18.1. The Hall–Kier alpha value is -1.67. The Kier molecular flexibility index (Phi) is 4.91. The highest BCUT2D eigenvalue weighted by molar-refractivity contribution is 5.87. The average molecular weight is 282 g/mol. The van der Waals surface area contributed by atoms with Gasteiger partial charge in [-0.1, -0.05) is 0 Å². The predicted molar refractivity (Wildman–Crippen MR) is 74.6 cm³/mol. The lowest BCUT2D eigenvalue weighted by molar-refractivity contribution is -0.0174. The van der Waals surface area contributed by atoms with Gasteiger partial charge in [0.15, 0.2) is 0 Å². The fourth-order valence-electron chi connectivity index (χ4n) is 2.08. The van der Waals surface area contributed by atoms with Crippen LogP contribution in [0.25, 0.3) is 0 Å². The van der Waals surface area contributed by atoms with Crippen molar-refractivity contribution in [3.05, 3.63) is 5.82 Å². The second-order valence-electron chi connectivity index (χ2n) is 4.97. The van der Waals surface area contributed by atoms with Gasteiger partial charge in [-0.3, -0.25) is 14.9 Å². The summed E-state index contributed by atoms with van der Waals surface area (Å²) >= 11 is 0. The molecule has 0 bridgehead atoms. The largest absolute Gasteiger partial charge is 0.376 e. The van der Waals surface area contributed by atoms with E-state index in [1.807, 2.05) is 6.92 Å². The summed E-state index contributed by atoms with van der Waals surface area (Å²) in [5, 5.41) is 9.48. The summed E-state index contributed by atoms with van der Waals surface area (Å²) in [5.74, 6) is 1.07. The number of morpholine rings is 1. The summed E-state index contributed by atoms with van der Waals surface area (Å²) in [6, 6.07) is -0.281. The molecule has 0 saturated carbocycles. The van der Waals surface area contributed by atoms with Crippen molar-refractivity contribution in [3.8, 4) is 0 Å². The zero-order chi connectivity index (χ0) is 14.5. The summed E-state index contributed by atoms with van der Waals surface area (Å²) in [5.41, 5.74) is 0. The smallest absolute Gasteiger partial charge is 0.321 e. The molecule has 2 N–H and O–H groups in total. The van der Waals surface area contributed by atoms with Crippen LogP contribution in [0.1, 0.15) is 12.7 Å². The Morgan fingerprint density at radius 2 is 2.35 bits per heavy atom. The number of amides is 2. The molecule has 0 unspecified atom stereocenters. The van der Waals surface area contributed by atoms with E-state index >= 15 is 0 Å². The molecule has 1 aliphatic heterocycles. The van der Waals surface area contributed by atoms with Crippen molar-refractivity contribution in [1.29, 1.82) is 0 Å². The van der Waals surface area contributed by atoms with Crippen LogP contribution in [0, 0.1) is 6.92 Å². The number of carbonyl (C=O) groups excluding carboxylic acids is 1. The number of nitrogens with one attached hydrogen (secondary N) is 2. The topological polar surface area (TPSA) is 84.3 Å². The number of urea groups is 1. The minimum atomic E-state index is -0.281. The number of nitrogens with zero attached hydrogens (tertiary/aromatic N) is 4. The van der Waals surface area contributed by atoms with Crippen LogP contribution < -0.4 is 10.6 Å². The van der Waals surface area contributed by atoms with Gasteiger partial charge in [-0.05, 0) is 13.8 Å². The maximum absolute atomic E-state index is 11.7. The second-order valence-corrected chi connectivity index (χ2v) is 4.97. The highest BCUT2D eigenvalue weighted by Crippen LogP contribution is 2.03. The number of carbonyl (C=O) groups is 1. The van der Waals surface area contributed by atoms with Gasteiger partial charge in [0, 0.05) is 33.2 Å². The lowest BCUT2D eigenvalue weighted by Gasteiger charge is -2.30. The van der Waals surface area contributed by atoms with E-state index in [0.29, 0.717) is 12.5 Å². The molecule has 0 radical (unpaired) electrons. The molecule has 1 saturated heterocycles. The van der Waals surface area contributed by atoms with Crippen LogP contribution in [0.3, 0.4) is 0 Å². The molecule has 1 aromatic heterocycles. The van der Waals surface area contributed by atoms with Gasteiger partial charge in [-0.25, -0.2) is 4.79 Å². The summed E-state index contributed by atoms with van der Waals surface area (Å²) < 4.78 is 7.08. The number of aryl methyl sites for hydroxylation is 2. The van der Waals surface area contributed by atoms with Gasteiger partial charge in [0.05, 0.1) is 12.7 Å². The normalized spacial score (nSPS) is 19.9. The van der Waals surface area contributed by atoms with Crippen molar-refractivity contribution in [2.45, 2.75) is 20.0 Å². The first-order valence-electron chi connectivity index (χ1n) is 6.81. The Labute approximate surface area is 118 Å². The molecule has 1 aliphatic rings. The number of hydrogen-bond acceptors (Lipinski definition) is 5. The molecule has 1 fully saturated rings. The fraction of sp³-hybridized carbons (Fsp3) is 0.750. The fourth-order valence-corrected chi connectivity index (χ4v) is 2.08. The van der Waals surface area contributed by atoms with Crippen molar-refractivity contribution in [2.75, 3.05) is 38.1 Å². The molecule has 0 aliphatic carbocycles. The quantitative estimate of drug-likeness (QED) is 0.810. The molecule has 2 heterocycles. The monoisotopic (exact) mass is 282 g/mol. The maximum atomic E-state index is 11.7. The lowest BCUT2D eigenvalue weighted by Crippen LogP contribution is -2.45. The van der Waals surface area contributed by atoms with Crippen LogP contribution in [-0.4, -0.2) is 64.6 Å². The van der Waals surface area contributed by atoms with E-state index in [2.05, 4.69) is 32.5 Å². The van der Waals surface area contributed by atoms with Crippen LogP contribution in [-0.2, 0) is 11.8 Å².